The minimum atomic E-state index is -0.510. The van der Waals surface area contributed by atoms with Gasteiger partial charge in [-0.1, -0.05) is 24.3 Å². The number of halogens is 1. The van der Waals surface area contributed by atoms with Gasteiger partial charge in [-0.05, 0) is 80.2 Å². The van der Waals surface area contributed by atoms with Crippen molar-refractivity contribution < 1.29 is 28.6 Å². The molecule has 1 aliphatic heterocycles. The van der Waals surface area contributed by atoms with Crippen molar-refractivity contribution in [2.45, 2.75) is 44.8 Å². The summed E-state index contributed by atoms with van der Waals surface area (Å²) in [4.78, 5) is 29.3. The molecule has 1 aromatic carbocycles. The first-order valence-corrected chi connectivity index (χ1v) is 13.1. The molecule has 0 unspecified atom stereocenters. The van der Waals surface area contributed by atoms with Gasteiger partial charge < -0.3 is 19.9 Å². The molecule has 2 heterocycles. The van der Waals surface area contributed by atoms with E-state index in [1.807, 2.05) is 31.2 Å². The number of pyridine rings is 1. The van der Waals surface area contributed by atoms with Gasteiger partial charge in [0.25, 0.3) is 0 Å². The monoisotopic (exact) mass is 508 g/mol. The third-order valence-electron chi connectivity index (χ3n) is 8.23. The van der Waals surface area contributed by atoms with E-state index in [0.29, 0.717) is 5.92 Å². The molecule has 1 amide bonds. The number of hydrogen-bond donors (Lipinski definition) is 2. The number of carbonyl (C=O) groups is 2. The van der Waals surface area contributed by atoms with Gasteiger partial charge in [0, 0.05) is 23.7 Å². The Morgan fingerprint density at radius 1 is 1.24 bits per heavy atom. The van der Waals surface area contributed by atoms with Gasteiger partial charge in [-0.15, -0.1) is 0 Å². The number of allylic oxidation sites excluding steroid dienone is 1. The normalized spacial score (nSPS) is 30.9. The number of cyclic esters (lactones) is 1. The Kier molecular flexibility index (Phi) is 7.55. The fourth-order valence-electron chi connectivity index (χ4n) is 6.65. The highest BCUT2D eigenvalue weighted by molar-refractivity contribution is 5.75. The van der Waals surface area contributed by atoms with E-state index in [1.54, 1.807) is 12.3 Å². The summed E-state index contributed by atoms with van der Waals surface area (Å²) in [6, 6.07) is 10.3. The van der Waals surface area contributed by atoms with Gasteiger partial charge >= 0.3 is 12.1 Å². The van der Waals surface area contributed by atoms with Crippen LogP contribution < -0.4 is 5.32 Å². The Morgan fingerprint density at radius 2 is 2.11 bits per heavy atom. The largest absolute Gasteiger partial charge is 0.462 e. The van der Waals surface area contributed by atoms with Crippen LogP contribution in [0.25, 0.3) is 17.2 Å². The van der Waals surface area contributed by atoms with Crippen molar-refractivity contribution in [1.82, 2.24) is 10.3 Å². The predicted molar refractivity (Wildman–Crippen MR) is 135 cm³/mol. The number of benzene rings is 1. The number of esters is 1. The number of carbonyl (C=O) groups excluding carboxylic acids is 2. The SMILES string of the molecule is C[C@H]1OC(=O)[C@@H]2C[C@@H]3C[C@H](NC(=O)OCCO)CC[C@H]3[C@H](/C=C/c3ccc(-c4cccc(F)c4)cn3)[C@H]12. The average molecular weight is 509 g/mol. The predicted octanol–water partition coefficient (Wildman–Crippen LogP) is 4.60. The van der Waals surface area contributed by atoms with Crippen molar-refractivity contribution in [3.05, 3.63) is 60.2 Å². The van der Waals surface area contributed by atoms with Crippen molar-refractivity contribution in [1.29, 1.82) is 0 Å². The van der Waals surface area contributed by atoms with Crippen LogP contribution in [0.3, 0.4) is 0 Å². The lowest BCUT2D eigenvalue weighted by molar-refractivity contribution is -0.144. The van der Waals surface area contributed by atoms with Gasteiger partial charge in [-0.25, -0.2) is 9.18 Å². The third-order valence-corrected chi connectivity index (χ3v) is 8.23. The molecular weight excluding hydrogens is 475 g/mol. The molecule has 0 bridgehead atoms. The summed E-state index contributed by atoms with van der Waals surface area (Å²) in [6.45, 7) is 1.75. The standard InChI is InChI=1S/C29H33FN2O5/c1-17-27-25(10-7-22-6-5-19(16-31-22)18-3-2-4-21(30)13-18)24-9-8-23(32-29(35)36-12-11-33)14-20(24)15-26(27)28(34)37-17/h2-7,10,13,16-17,20,23-27,33H,8-9,11-12,14-15H2,1H3,(H,32,35)/b10-7+/t17-,20+,23-,24-,25+,26-,27+/m1/s1. The molecule has 2 saturated carbocycles. The van der Waals surface area contributed by atoms with E-state index in [4.69, 9.17) is 14.6 Å². The molecule has 3 fully saturated rings. The van der Waals surface area contributed by atoms with E-state index in [1.165, 1.54) is 12.1 Å². The number of amides is 1. The minimum Gasteiger partial charge on any atom is -0.462 e. The van der Waals surface area contributed by atoms with Gasteiger partial charge in [-0.2, -0.15) is 0 Å². The lowest BCUT2D eigenvalue weighted by Crippen LogP contribution is -2.48. The molecule has 1 saturated heterocycles. The Labute approximate surface area is 216 Å². The molecule has 7 atom stereocenters. The number of ether oxygens (including phenoxy) is 2. The summed E-state index contributed by atoms with van der Waals surface area (Å²) in [5.41, 5.74) is 2.43. The molecule has 37 heavy (non-hydrogen) atoms. The highest BCUT2D eigenvalue weighted by atomic mass is 19.1. The second kappa shape index (κ2) is 11.0. The molecule has 1 aromatic heterocycles. The highest BCUT2D eigenvalue weighted by Crippen LogP contribution is 2.53. The number of aliphatic hydroxyl groups excluding tert-OH is 1. The zero-order chi connectivity index (χ0) is 25.9. The van der Waals surface area contributed by atoms with Crippen molar-refractivity contribution in [2.75, 3.05) is 13.2 Å². The molecule has 0 spiro atoms. The number of hydrogen-bond acceptors (Lipinski definition) is 6. The zero-order valence-electron chi connectivity index (χ0n) is 20.9. The molecule has 0 radical (unpaired) electrons. The fourth-order valence-corrected chi connectivity index (χ4v) is 6.65. The first kappa shape index (κ1) is 25.4. The molecule has 7 nitrogen and oxygen atoms in total. The fraction of sp³-hybridized carbons (Fsp3) is 0.483. The number of nitrogens with zero attached hydrogens (tertiary/aromatic N) is 1. The first-order valence-electron chi connectivity index (χ1n) is 13.1. The quantitative estimate of drug-likeness (QED) is 0.554. The van der Waals surface area contributed by atoms with Crippen LogP contribution in [-0.2, 0) is 14.3 Å². The number of rotatable bonds is 6. The Morgan fingerprint density at radius 3 is 2.86 bits per heavy atom. The van der Waals surface area contributed by atoms with Gasteiger partial charge in [0.05, 0.1) is 18.2 Å². The number of nitrogens with one attached hydrogen (secondary N) is 1. The summed E-state index contributed by atoms with van der Waals surface area (Å²) in [7, 11) is 0. The maximum atomic E-state index is 13.6. The summed E-state index contributed by atoms with van der Waals surface area (Å²) in [5, 5.41) is 11.8. The molecule has 2 aliphatic carbocycles. The Hall–Kier alpha value is -3.26. The lowest BCUT2D eigenvalue weighted by Gasteiger charge is -2.47. The Bertz CT molecular complexity index is 1150. The van der Waals surface area contributed by atoms with Gasteiger partial charge in [0.2, 0.25) is 0 Å². The summed E-state index contributed by atoms with van der Waals surface area (Å²) < 4.78 is 24.2. The molecule has 5 rings (SSSR count). The van der Waals surface area contributed by atoms with Crippen LogP contribution in [0.4, 0.5) is 9.18 Å². The number of aromatic nitrogens is 1. The van der Waals surface area contributed by atoms with E-state index in [9.17, 15) is 14.0 Å². The van der Waals surface area contributed by atoms with E-state index in [2.05, 4.69) is 16.4 Å². The summed E-state index contributed by atoms with van der Waals surface area (Å²) >= 11 is 0. The Balaban J connectivity index is 1.32. The second-order valence-corrected chi connectivity index (χ2v) is 10.4. The highest BCUT2D eigenvalue weighted by Gasteiger charge is 2.54. The maximum Gasteiger partial charge on any atom is 0.407 e. The first-order chi connectivity index (χ1) is 17.9. The van der Waals surface area contributed by atoms with E-state index < -0.39 is 6.09 Å². The van der Waals surface area contributed by atoms with Crippen LogP contribution in [0, 0.1) is 35.4 Å². The minimum absolute atomic E-state index is 0.0134. The van der Waals surface area contributed by atoms with Crippen LogP contribution in [0.5, 0.6) is 0 Å². The number of aliphatic hydroxyl groups is 1. The lowest BCUT2D eigenvalue weighted by atomic mass is 9.57. The second-order valence-electron chi connectivity index (χ2n) is 10.4. The smallest absolute Gasteiger partial charge is 0.407 e. The summed E-state index contributed by atoms with van der Waals surface area (Å²) in [5.74, 6) is 0.408. The third kappa shape index (κ3) is 5.54. The maximum absolute atomic E-state index is 13.6. The molecular formula is C29H33FN2O5. The van der Waals surface area contributed by atoms with Crippen molar-refractivity contribution in [3.8, 4) is 11.1 Å². The van der Waals surface area contributed by atoms with Gasteiger partial charge in [-0.3, -0.25) is 9.78 Å². The molecule has 196 valence electrons. The van der Waals surface area contributed by atoms with Crippen molar-refractivity contribution >= 4 is 18.1 Å². The number of fused-ring (bicyclic) bond motifs is 2. The van der Waals surface area contributed by atoms with Crippen molar-refractivity contribution in [2.24, 2.45) is 29.6 Å². The van der Waals surface area contributed by atoms with Gasteiger partial charge in [0.1, 0.15) is 18.5 Å². The van der Waals surface area contributed by atoms with Crippen LogP contribution in [-0.4, -0.2) is 47.5 Å². The van der Waals surface area contributed by atoms with E-state index in [-0.39, 0.29) is 60.8 Å². The summed E-state index contributed by atoms with van der Waals surface area (Å²) in [6.07, 6.45) is 8.64. The van der Waals surface area contributed by atoms with Crippen LogP contribution in [0.1, 0.15) is 38.3 Å². The van der Waals surface area contributed by atoms with E-state index in [0.717, 1.165) is 42.5 Å². The van der Waals surface area contributed by atoms with Crippen LogP contribution >= 0.6 is 0 Å². The molecule has 3 aliphatic rings. The van der Waals surface area contributed by atoms with Gasteiger partial charge in [0.15, 0.2) is 0 Å². The topological polar surface area (TPSA) is 97.8 Å². The van der Waals surface area contributed by atoms with Crippen molar-refractivity contribution in [3.63, 3.8) is 0 Å². The molecule has 2 aromatic rings. The zero-order valence-corrected chi connectivity index (χ0v) is 20.9. The van der Waals surface area contributed by atoms with Crippen LogP contribution in [0.15, 0.2) is 48.7 Å². The molecule has 8 heteroatoms. The van der Waals surface area contributed by atoms with Crippen LogP contribution in [0.2, 0.25) is 0 Å². The average Bonchev–Trinajstić information content (AvgIpc) is 3.18. The van der Waals surface area contributed by atoms with E-state index >= 15 is 0 Å². The number of alkyl carbamates (subject to hydrolysis) is 1. The molecule has 2 N–H and O–H groups in total.